The lowest BCUT2D eigenvalue weighted by atomic mass is 10.1. The van der Waals surface area contributed by atoms with E-state index in [1.807, 2.05) is 14.1 Å². The normalized spacial score (nSPS) is 11.7. The van der Waals surface area contributed by atoms with Crippen molar-refractivity contribution in [1.82, 2.24) is 34.6 Å². The Kier molecular flexibility index (Phi) is 4.32. The van der Waals surface area contributed by atoms with Crippen LogP contribution in [0.4, 0.5) is 11.9 Å². The van der Waals surface area contributed by atoms with Gasteiger partial charge in [0.05, 0.1) is 0 Å². The van der Waals surface area contributed by atoms with Gasteiger partial charge in [0.15, 0.2) is 0 Å². The van der Waals surface area contributed by atoms with Crippen molar-refractivity contribution in [3.05, 3.63) is 12.7 Å². The van der Waals surface area contributed by atoms with Crippen molar-refractivity contribution in [1.29, 1.82) is 0 Å². The van der Waals surface area contributed by atoms with E-state index >= 15 is 0 Å². The molecule has 2 heterocycles. The molecule has 0 saturated carbocycles. The van der Waals surface area contributed by atoms with Gasteiger partial charge in [-0.2, -0.15) is 24.7 Å². The molecule has 0 radical (unpaired) electrons. The van der Waals surface area contributed by atoms with E-state index in [-0.39, 0.29) is 5.54 Å². The van der Waals surface area contributed by atoms with E-state index in [2.05, 4.69) is 54.4 Å². The van der Waals surface area contributed by atoms with E-state index in [1.165, 1.54) is 11.0 Å². The third-order valence-corrected chi connectivity index (χ3v) is 3.36. The second-order valence-electron chi connectivity index (χ2n) is 5.43. The molecule has 0 aromatic carbocycles. The topological polar surface area (TPSA) is 96.7 Å². The smallest absolute Gasteiger partial charge is 0.258 e. The van der Waals surface area contributed by atoms with Crippen LogP contribution < -0.4 is 10.6 Å². The van der Waals surface area contributed by atoms with Gasteiger partial charge in [0.1, 0.15) is 12.7 Å². The van der Waals surface area contributed by atoms with Crippen molar-refractivity contribution in [2.45, 2.75) is 19.4 Å². The Morgan fingerprint density at radius 2 is 1.90 bits per heavy atom. The van der Waals surface area contributed by atoms with Gasteiger partial charge in [-0.25, -0.2) is 4.98 Å². The van der Waals surface area contributed by atoms with E-state index in [0.29, 0.717) is 24.4 Å². The number of likely N-dealkylation sites (N-methyl/N-ethyl adjacent to an activating group) is 1. The molecule has 0 aliphatic rings. The van der Waals surface area contributed by atoms with Gasteiger partial charge in [-0.05, 0) is 27.9 Å². The third kappa shape index (κ3) is 3.63. The summed E-state index contributed by atoms with van der Waals surface area (Å²) in [5.74, 6) is 1.38. The Morgan fingerprint density at radius 1 is 1.19 bits per heavy atom. The Labute approximate surface area is 123 Å². The first-order valence-electron chi connectivity index (χ1n) is 6.62. The number of rotatable bonds is 6. The highest BCUT2D eigenvalue weighted by atomic mass is 15.4. The van der Waals surface area contributed by atoms with Crippen molar-refractivity contribution >= 4 is 11.9 Å². The monoisotopic (exact) mass is 291 g/mol. The van der Waals surface area contributed by atoms with E-state index in [1.54, 1.807) is 13.4 Å². The number of nitrogens with zero attached hydrogens (tertiary/aromatic N) is 7. The summed E-state index contributed by atoms with van der Waals surface area (Å²) in [5.41, 5.74) is -0.0279. The summed E-state index contributed by atoms with van der Waals surface area (Å²) < 4.78 is 1.49. The van der Waals surface area contributed by atoms with Gasteiger partial charge in [-0.3, -0.25) is 0 Å². The molecule has 2 rings (SSSR count). The maximum absolute atomic E-state index is 4.35. The first-order chi connectivity index (χ1) is 9.92. The quantitative estimate of drug-likeness (QED) is 0.781. The predicted octanol–water partition coefficient (Wildman–Crippen LogP) is 0.246. The lowest BCUT2D eigenvalue weighted by molar-refractivity contribution is 0.209. The van der Waals surface area contributed by atoms with Gasteiger partial charge >= 0.3 is 0 Å². The molecule has 9 nitrogen and oxygen atoms in total. The van der Waals surface area contributed by atoms with Crippen LogP contribution in [0.15, 0.2) is 12.7 Å². The van der Waals surface area contributed by atoms with Gasteiger partial charge in [-0.15, -0.1) is 0 Å². The van der Waals surface area contributed by atoms with Crippen molar-refractivity contribution in [2.75, 3.05) is 38.3 Å². The molecular weight excluding hydrogens is 270 g/mol. The summed E-state index contributed by atoms with van der Waals surface area (Å²) in [4.78, 5) is 18.9. The van der Waals surface area contributed by atoms with Gasteiger partial charge in [-0.1, -0.05) is 0 Å². The van der Waals surface area contributed by atoms with Crippen molar-refractivity contribution in [2.24, 2.45) is 0 Å². The summed E-state index contributed by atoms with van der Waals surface area (Å²) in [6.07, 6.45) is 2.98. The molecule has 0 aliphatic heterocycles. The maximum atomic E-state index is 4.35. The molecule has 2 N–H and O–H groups in total. The van der Waals surface area contributed by atoms with Crippen LogP contribution in [-0.2, 0) is 0 Å². The van der Waals surface area contributed by atoms with E-state index in [4.69, 9.17) is 0 Å². The first-order valence-corrected chi connectivity index (χ1v) is 6.62. The lowest BCUT2D eigenvalue weighted by Crippen LogP contribution is -2.44. The average molecular weight is 291 g/mol. The van der Waals surface area contributed by atoms with Crippen LogP contribution in [0, 0.1) is 0 Å². The molecule has 0 unspecified atom stereocenters. The number of hydrogen-bond donors (Lipinski definition) is 2. The minimum atomic E-state index is -0.0279. The summed E-state index contributed by atoms with van der Waals surface area (Å²) in [6, 6.07) is 0. The SMILES string of the molecule is CNc1nc(NCC(C)(C)N(C)C)nc(-n2cncn2)n1. The molecule has 9 heteroatoms. The number of aromatic nitrogens is 6. The van der Waals surface area contributed by atoms with Crippen LogP contribution in [-0.4, -0.2) is 67.8 Å². The van der Waals surface area contributed by atoms with Gasteiger partial charge < -0.3 is 15.5 Å². The predicted molar refractivity (Wildman–Crippen MR) is 80.5 cm³/mol. The molecule has 21 heavy (non-hydrogen) atoms. The second kappa shape index (κ2) is 6.00. The van der Waals surface area contributed by atoms with Crippen molar-refractivity contribution < 1.29 is 0 Å². The third-order valence-electron chi connectivity index (χ3n) is 3.36. The second-order valence-corrected chi connectivity index (χ2v) is 5.43. The highest BCUT2D eigenvalue weighted by molar-refractivity contribution is 5.37. The molecule has 2 aromatic rings. The fourth-order valence-corrected chi connectivity index (χ4v) is 1.42. The van der Waals surface area contributed by atoms with E-state index in [9.17, 15) is 0 Å². The van der Waals surface area contributed by atoms with Crippen LogP contribution in [0.2, 0.25) is 0 Å². The Hall–Kier alpha value is -2.29. The highest BCUT2D eigenvalue weighted by Gasteiger charge is 2.20. The van der Waals surface area contributed by atoms with Crippen LogP contribution in [0.25, 0.3) is 5.95 Å². The Morgan fingerprint density at radius 3 is 2.48 bits per heavy atom. The van der Waals surface area contributed by atoms with Gasteiger partial charge in [0.25, 0.3) is 5.95 Å². The first kappa shape index (κ1) is 15.1. The molecule has 0 bridgehead atoms. The van der Waals surface area contributed by atoms with E-state index < -0.39 is 0 Å². The zero-order valence-corrected chi connectivity index (χ0v) is 13.0. The molecule has 114 valence electrons. The molecule has 0 aliphatic carbocycles. The fraction of sp³-hybridized carbons (Fsp3) is 0.583. The summed E-state index contributed by atoms with van der Waals surface area (Å²) >= 11 is 0. The average Bonchev–Trinajstić information content (AvgIpc) is 2.99. The number of nitrogens with one attached hydrogen (secondary N) is 2. The molecular formula is C12H21N9. The zero-order valence-electron chi connectivity index (χ0n) is 13.0. The largest absolute Gasteiger partial charge is 0.357 e. The van der Waals surface area contributed by atoms with E-state index in [0.717, 1.165) is 0 Å². The molecule has 0 fully saturated rings. The molecule has 0 atom stereocenters. The summed E-state index contributed by atoms with van der Waals surface area (Å²) in [7, 11) is 5.83. The van der Waals surface area contributed by atoms with Crippen LogP contribution in [0.5, 0.6) is 0 Å². The van der Waals surface area contributed by atoms with Crippen molar-refractivity contribution in [3.8, 4) is 5.95 Å². The van der Waals surface area contributed by atoms with Crippen LogP contribution in [0.1, 0.15) is 13.8 Å². The fourth-order valence-electron chi connectivity index (χ4n) is 1.42. The minimum absolute atomic E-state index is 0.0279. The summed E-state index contributed by atoms with van der Waals surface area (Å²) in [5, 5.41) is 10.2. The molecule has 0 saturated heterocycles. The maximum Gasteiger partial charge on any atom is 0.258 e. The van der Waals surface area contributed by atoms with Gasteiger partial charge in [0.2, 0.25) is 11.9 Å². The molecule has 0 spiro atoms. The van der Waals surface area contributed by atoms with Crippen LogP contribution >= 0.6 is 0 Å². The number of hydrogen-bond acceptors (Lipinski definition) is 8. The standard InChI is InChI=1S/C12H21N9/c1-12(2,20(4)5)6-15-10-17-9(13-3)18-11(19-10)21-8-14-7-16-21/h7-8H,6H2,1-5H3,(H2,13,15,17,18,19). The Bertz CT molecular complexity index is 576. The lowest BCUT2D eigenvalue weighted by Gasteiger charge is -2.32. The zero-order chi connectivity index (χ0) is 15.5. The minimum Gasteiger partial charge on any atom is -0.357 e. The van der Waals surface area contributed by atoms with Gasteiger partial charge in [0, 0.05) is 19.1 Å². The van der Waals surface area contributed by atoms with Crippen LogP contribution in [0.3, 0.4) is 0 Å². The molecule has 2 aromatic heterocycles. The summed E-state index contributed by atoms with van der Waals surface area (Å²) in [6.45, 7) is 4.97. The van der Waals surface area contributed by atoms with Crippen molar-refractivity contribution in [3.63, 3.8) is 0 Å². The highest BCUT2D eigenvalue weighted by Crippen LogP contribution is 2.12. The Balaban J connectivity index is 2.22. The molecule has 0 amide bonds. The number of anilines is 2.